The lowest BCUT2D eigenvalue weighted by Crippen LogP contribution is -2.37. The third kappa shape index (κ3) is 3.00. The van der Waals surface area contributed by atoms with Crippen molar-refractivity contribution in [3.05, 3.63) is 73.2 Å². The van der Waals surface area contributed by atoms with Crippen molar-refractivity contribution in [3.63, 3.8) is 0 Å². The Morgan fingerprint density at radius 2 is 1.83 bits per heavy atom. The van der Waals surface area contributed by atoms with Crippen molar-refractivity contribution in [2.75, 3.05) is 10.6 Å². The molecule has 0 bridgehead atoms. The molecular weight excluding hydrogens is 377 g/mol. The number of anilines is 3. The zero-order valence-corrected chi connectivity index (χ0v) is 16.2. The van der Waals surface area contributed by atoms with E-state index in [1.807, 2.05) is 19.9 Å². The Balaban J connectivity index is 1.69. The summed E-state index contributed by atoms with van der Waals surface area (Å²) in [5.74, 6) is 0.246. The summed E-state index contributed by atoms with van der Waals surface area (Å²) in [4.78, 5) is 36.6. The minimum Gasteiger partial charge on any atom is -0.464 e. The summed E-state index contributed by atoms with van der Waals surface area (Å²) in [5, 5.41) is 8.43. The number of amides is 1. The van der Waals surface area contributed by atoms with Gasteiger partial charge in [-0.15, -0.1) is 0 Å². The molecule has 7 nitrogen and oxygen atoms in total. The highest BCUT2D eigenvalue weighted by Crippen LogP contribution is 2.35. The van der Waals surface area contributed by atoms with Gasteiger partial charge in [-0.1, -0.05) is 13.0 Å². The van der Waals surface area contributed by atoms with E-state index in [0.29, 0.717) is 17.7 Å². The number of halogens is 1. The molecular formula is C21H20FN3O4. The van der Waals surface area contributed by atoms with Gasteiger partial charge < -0.3 is 20.4 Å². The van der Waals surface area contributed by atoms with Gasteiger partial charge in [0.15, 0.2) is 0 Å². The van der Waals surface area contributed by atoms with Gasteiger partial charge in [-0.25, -0.2) is 4.39 Å². The number of carbonyl (C=O) groups is 1. The minimum atomic E-state index is -0.763. The van der Waals surface area contributed by atoms with Crippen molar-refractivity contribution >= 4 is 23.0 Å². The predicted octanol–water partition coefficient (Wildman–Crippen LogP) is 3.43. The summed E-state index contributed by atoms with van der Waals surface area (Å²) in [5.41, 5.74) is -0.798. The number of furan rings is 1. The highest BCUT2D eigenvalue weighted by molar-refractivity contribution is 6.05. The molecule has 2 heterocycles. The molecule has 0 saturated heterocycles. The van der Waals surface area contributed by atoms with Crippen LogP contribution >= 0.6 is 0 Å². The fourth-order valence-electron chi connectivity index (χ4n) is 3.63. The molecule has 1 amide bonds. The van der Waals surface area contributed by atoms with Crippen LogP contribution in [0.5, 0.6) is 0 Å². The smallest absolute Gasteiger partial charge is 0.254 e. The molecule has 8 heteroatoms. The number of hydrogen-bond acceptors (Lipinski definition) is 6. The molecule has 0 fully saturated rings. The number of aryl methyl sites for hydroxylation is 1. The molecule has 0 saturated carbocycles. The van der Waals surface area contributed by atoms with Crippen LogP contribution in [0.25, 0.3) is 0 Å². The molecule has 3 N–H and O–H groups in total. The van der Waals surface area contributed by atoms with E-state index in [9.17, 15) is 18.8 Å². The zero-order valence-electron chi connectivity index (χ0n) is 16.2. The monoisotopic (exact) mass is 397 g/mol. The fraction of sp³-hybridized carbons (Fsp3) is 0.286. The number of nitrogens with one attached hydrogen (secondary N) is 3. The first-order chi connectivity index (χ1) is 13.8. The second-order valence-electron chi connectivity index (χ2n) is 7.17. The highest BCUT2D eigenvalue weighted by Gasteiger charge is 2.32. The average Bonchev–Trinajstić information content (AvgIpc) is 3.25. The quantitative estimate of drug-likeness (QED) is 0.551. The van der Waals surface area contributed by atoms with E-state index in [-0.39, 0.29) is 34.7 Å². The van der Waals surface area contributed by atoms with E-state index < -0.39 is 22.6 Å². The third-order valence-electron chi connectivity index (χ3n) is 5.22. The van der Waals surface area contributed by atoms with Gasteiger partial charge in [-0.2, -0.15) is 0 Å². The number of rotatable bonds is 6. The van der Waals surface area contributed by atoms with Crippen LogP contribution in [0.15, 0.2) is 38.3 Å². The van der Waals surface area contributed by atoms with Gasteiger partial charge >= 0.3 is 0 Å². The normalized spacial score (nSPS) is 16.6. The maximum atomic E-state index is 14.5. The van der Waals surface area contributed by atoms with Gasteiger partial charge in [-0.05, 0) is 44.0 Å². The first-order valence-corrected chi connectivity index (χ1v) is 9.38. The standard InChI is InChI=1S/C21H20FN3O4/c1-4-13(14-8-5-9(2)29-14)24-17-18(20(27)19(17)26)25-16-12(22)7-6-11-10(3)23-21(28)15(11)16/h5-8,10,13,24-25H,4H2,1-3H3,(H,23,28). The molecule has 29 heavy (non-hydrogen) atoms. The number of fused-ring (bicyclic) bond motifs is 1. The first kappa shape index (κ1) is 18.9. The molecule has 0 aliphatic carbocycles. The van der Waals surface area contributed by atoms with E-state index in [1.165, 1.54) is 12.1 Å². The largest absolute Gasteiger partial charge is 0.464 e. The van der Waals surface area contributed by atoms with Crippen molar-refractivity contribution in [3.8, 4) is 0 Å². The van der Waals surface area contributed by atoms with Crippen LogP contribution in [0.2, 0.25) is 0 Å². The first-order valence-electron chi connectivity index (χ1n) is 9.38. The molecule has 4 rings (SSSR count). The SMILES string of the molecule is CCC(Nc1c(Nc2c(F)ccc3c2C(=O)NC3C)c(=O)c1=O)c1ccc(C)o1. The molecule has 0 radical (unpaired) electrons. The van der Waals surface area contributed by atoms with E-state index in [4.69, 9.17) is 4.42 Å². The summed E-state index contributed by atoms with van der Waals surface area (Å²) in [7, 11) is 0. The van der Waals surface area contributed by atoms with Gasteiger partial charge in [0.2, 0.25) is 0 Å². The van der Waals surface area contributed by atoms with Crippen LogP contribution in [0, 0.1) is 12.7 Å². The van der Waals surface area contributed by atoms with Crippen molar-refractivity contribution in [2.45, 2.75) is 39.3 Å². The minimum absolute atomic E-state index is 0.0550. The van der Waals surface area contributed by atoms with E-state index >= 15 is 0 Å². The van der Waals surface area contributed by atoms with Crippen LogP contribution in [0.3, 0.4) is 0 Å². The van der Waals surface area contributed by atoms with E-state index in [1.54, 1.807) is 13.0 Å². The number of carbonyl (C=O) groups excluding carboxylic acids is 1. The molecule has 2 unspecified atom stereocenters. The van der Waals surface area contributed by atoms with Crippen LogP contribution in [0.1, 0.15) is 59.8 Å². The van der Waals surface area contributed by atoms with Crippen molar-refractivity contribution in [2.24, 2.45) is 0 Å². The second-order valence-corrected chi connectivity index (χ2v) is 7.17. The van der Waals surface area contributed by atoms with Crippen LogP contribution in [-0.2, 0) is 0 Å². The topological polar surface area (TPSA) is 100 Å². The summed E-state index contributed by atoms with van der Waals surface area (Å²) >= 11 is 0. The lowest BCUT2D eigenvalue weighted by atomic mass is 10.0. The summed E-state index contributed by atoms with van der Waals surface area (Å²) < 4.78 is 20.1. The van der Waals surface area contributed by atoms with E-state index in [2.05, 4.69) is 16.0 Å². The van der Waals surface area contributed by atoms with Crippen molar-refractivity contribution < 1.29 is 13.6 Å². The van der Waals surface area contributed by atoms with Crippen molar-refractivity contribution in [1.29, 1.82) is 0 Å². The lowest BCUT2D eigenvalue weighted by Gasteiger charge is -2.21. The Labute approximate surface area is 165 Å². The Morgan fingerprint density at radius 1 is 1.10 bits per heavy atom. The zero-order chi connectivity index (χ0) is 20.9. The van der Waals surface area contributed by atoms with Gasteiger partial charge in [0.05, 0.1) is 23.3 Å². The molecule has 0 spiro atoms. The fourth-order valence-corrected chi connectivity index (χ4v) is 3.63. The van der Waals surface area contributed by atoms with Gasteiger partial charge in [-0.3, -0.25) is 14.4 Å². The van der Waals surface area contributed by atoms with E-state index in [0.717, 1.165) is 5.76 Å². The van der Waals surface area contributed by atoms with Crippen LogP contribution < -0.4 is 26.8 Å². The maximum Gasteiger partial charge on any atom is 0.254 e. The molecule has 1 aromatic heterocycles. The summed E-state index contributed by atoms with van der Waals surface area (Å²) in [6, 6.07) is 5.77. The van der Waals surface area contributed by atoms with Crippen LogP contribution in [-0.4, -0.2) is 5.91 Å². The van der Waals surface area contributed by atoms with Gasteiger partial charge in [0.1, 0.15) is 28.7 Å². The number of benzene rings is 1. The van der Waals surface area contributed by atoms with Gasteiger partial charge in [0, 0.05) is 0 Å². The molecule has 1 aliphatic heterocycles. The average molecular weight is 397 g/mol. The van der Waals surface area contributed by atoms with Gasteiger partial charge in [0.25, 0.3) is 16.8 Å². The lowest BCUT2D eigenvalue weighted by molar-refractivity contribution is 0.0959. The predicted molar refractivity (Wildman–Crippen MR) is 107 cm³/mol. The Morgan fingerprint density at radius 3 is 2.48 bits per heavy atom. The molecule has 1 aliphatic rings. The summed E-state index contributed by atoms with van der Waals surface area (Å²) in [6.07, 6.45) is 0.597. The Bertz CT molecular complexity index is 1190. The second kappa shape index (κ2) is 6.88. The number of hydrogen-bond donors (Lipinski definition) is 3. The molecule has 2 atom stereocenters. The molecule has 3 aromatic rings. The molecule has 2 aromatic carbocycles. The van der Waals surface area contributed by atoms with Crippen molar-refractivity contribution in [1.82, 2.24) is 5.32 Å². The summed E-state index contributed by atoms with van der Waals surface area (Å²) in [6.45, 7) is 5.50. The highest BCUT2D eigenvalue weighted by atomic mass is 19.1. The maximum absolute atomic E-state index is 14.5. The van der Waals surface area contributed by atoms with Crippen LogP contribution in [0.4, 0.5) is 21.5 Å². The Kier molecular flexibility index (Phi) is 4.49. The Hall–Kier alpha value is -3.42. The third-order valence-corrected chi connectivity index (χ3v) is 5.22. The molecule has 150 valence electrons.